The fourth-order valence-corrected chi connectivity index (χ4v) is 3.28. The summed E-state index contributed by atoms with van der Waals surface area (Å²) >= 11 is 11.0. The van der Waals surface area contributed by atoms with Gasteiger partial charge in [-0.05, 0) is 42.0 Å². The molecule has 0 saturated carbocycles. The monoisotopic (exact) mass is 345 g/mol. The van der Waals surface area contributed by atoms with Crippen LogP contribution in [0.5, 0.6) is 0 Å². The third-order valence-electron chi connectivity index (χ3n) is 2.35. The van der Waals surface area contributed by atoms with Crippen LogP contribution in [0.2, 0.25) is 5.02 Å². The van der Waals surface area contributed by atoms with Gasteiger partial charge in [-0.2, -0.15) is 0 Å². The van der Waals surface area contributed by atoms with Gasteiger partial charge in [-0.25, -0.2) is 4.39 Å². The van der Waals surface area contributed by atoms with E-state index in [2.05, 4.69) is 15.9 Å². The van der Waals surface area contributed by atoms with Gasteiger partial charge >= 0.3 is 0 Å². The van der Waals surface area contributed by atoms with E-state index in [1.54, 1.807) is 30.0 Å². The minimum Gasteiger partial charge on any atom is -0.399 e. The Labute approximate surface area is 123 Å². The largest absolute Gasteiger partial charge is 0.399 e. The number of benzene rings is 2. The lowest BCUT2D eigenvalue weighted by molar-refractivity contribution is 0.626. The number of thioether (sulfide) groups is 1. The quantitative estimate of drug-likeness (QED) is 0.617. The van der Waals surface area contributed by atoms with Crippen LogP contribution in [-0.4, -0.2) is 0 Å². The lowest BCUT2D eigenvalue weighted by Crippen LogP contribution is -1.87. The standard InChI is InChI=1S/C13H10BrClFNS/c14-11-3-1-9(16)5-8(11)7-18-13-4-2-10(17)6-12(13)15/h1-6H,7,17H2. The van der Waals surface area contributed by atoms with Gasteiger partial charge in [0.05, 0.1) is 5.02 Å². The molecule has 5 heteroatoms. The molecule has 0 amide bonds. The predicted molar refractivity (Wildman–Crippen MR) is 79.5 cm³/mol. The van der Waals surface area contributed by atoms with E-state index in [0.29, 0.717) is 16.5 Å². The van der Waals surface area contributed by atoms with Gasteiger partial charge in [-0.1, -0.05) is 27.5 Å². The molecule has 0 aromatic heterocycles. The van der Waals surface area contributed by atoms with Gasteiger partial charge in [0.2, 0.25) is 0 Å². The molecule has 1 nitrogen and oxygen atoms in total. The molecule has 0 heterocycles. The molecule has 2 N–H and O–H groups in total. The van der Waals surface area contributed by atoms with E-state index in [-0.39, 0.29) is 5.82 Å². The first kappa shape index (κ1) is 13.7. The van der Waals surface area contributed by atoms with Crippen molar-refractivity contribution in [2.24, 2.45) is 0 Å². The van der Waals surface area contributed by atoms with Crippen LogP contribution in [0.3, 0.4) is 0 Å². The van der Waals surface area contributed by atoms with Crippen LogP contribution in [0.4, 0.5) is 10.1 Å². The van der Waals surface area contributed by atoms with Crippen LogP contribution in [-0.2, 0) is 5.75 Å². The molecule has 18 heavy (non-hydrogen) atoms. The van der Waals surface area contributed by atoms with Gasteiger partial charge < -0.3 is 5.73 Å². The summed E-state index contributed by atoms with van der Waals surface area (Å²) in [5.74, 6) is 0.402. The van der Waals surface area contributed by atoms with Crippen LogP contribution in [0.15, 0.2) is 45.8 Å². The molecule has 0 aliphatic rings. The minimum atomic E-state index is -0.239. The molecule has 0 radical (unpaired) electrons. The van der Waals surface area contributed by atoms with Gasteiger partial charge in [0, 0.05) is 20.8 Å². The van der Waals surface area contributed by atoms with Crippen LogP contribution in [0.25, 0.3) is 0 Å². The van der Waals surface area contributed by atoms with Crippen LogP contribution < -0.4 is 5.73 Å². The highest BCUT2D eigenvalue weighted by Crippen LogP contribution is 2.33. The zero-order chi connectivity index (χ0) is 13.1. The van der Waals surface area contributed by atoms with Crippen LogP contribution in [0.1, 0.15) is 5.56 Å². The van der Waals surface area contributed by atoms with Crippen molar-refractivity contribution in [2.75, 3.05) is 5.73 Å². The highest BCUT2D eigenvalue weighted by atomic mass is 79.9. The Hall–Kier alpha value is -0.710. The number of hydrogen-bond acceptors (Lipinski definition) is 2. The van der Waals surface area contributed by atoms with E-state index in [4.69, 9.17) is 17.3 Å². The summed E-state index contributed by atoms with van der Waals surface area (Å²) < 4.78 is 14.0. The molecular formula is C13H10BrClFNS. The first-order chi connectivity index (χ1) is 8.56. The van der Waals surface area contributed by atoms with Gasteiger partial charge in [0.1, 0.15) is 5.82 Å². The van der Waals surface area contributed by atoms with E-state index in [1.165, 1.54) is 12.1 Å². The maximum atomic E-state index is 13.1. The number of rotatable bonds is 3. The lowest BCUT2D eigenvalue weighted by atomic mass is 10.2. The van der Waals surface area contributed by atoms with Crippen LogP contribution in [0, 0.1) is 5.82 Å². The van der Waals surface area contributed by atoms with Crippen molar-refractivity contribution in [2.45, 2.75) is 10.6 Å². The van der Waals surface area contributed by atoms with Crippen molar-refractivity contribution in [3.05, 3.63) is 57.3 Å². The summed E-state index contributed by atoms with van der Waals surface area (Å²) in [5.41, 5.74) is 7.16. The molecular weight excluding hydrogens is 337 g/mol. The summed E-state index contributed by atoms with van der Waals surface area (Å²) in [6.07, 6.45) is 0. The molecule has 0 aliphatic heterocycles. The minimum absolute atomic E-state index is 0.239. The van der Waals surface area contributed by atoms with Gasteiger partial charge in [-0.15, -0.1) is 11.8 Å². The Balaban J connectivity index is 2.13. The zero-order valence-electron chi connectivity index (χ0n) is 9.29. The molecule has 0 spiro atoms. The van der Waals surface area contributed by atoms with Crippen molar-refractivity contribution < 1.29 is 4.39 Å². The van der Waals surface area contributed by atoms with E-state index in [0.717, 1.165) is 14.9 Å². The van der Waals surface area contributed by atoms with Crippen molar-refractivity contribution in [1.29, 1.82) is 0 Å². The van der Waals surface area contributed by atoms with E-state index < -0.39 is 0 Å². The molecule has 0 atom stereocenters. The lowest BCUT2D eigenvalue weighted by Gasteiger charge is -2.07. The second kappa shape index (κ2) is 5.95. The van der Waals surface area contributed by atoms with Gasteiger partial charge in [0.15, 0.2) is 0 Å². The van der Waals surface area contributed by atoms with Gasteiger partial charge in [-0.3, -0.25) is 0 Å². The average molecular weight is 347 g/mol. The number of nitrogen functional groups attached to an aromatic ring is 1. The number of nitrogens with two attached hydrogens (primary N) is 1. The fourth-order valence-electron chi connectivity index (χ4n) is 1.44. The Morgan fingerprint density at radius 2 is 2.00 bits per heavy atom. The molecule has 0 bridgehead atoms. The third-order valence-corrected chi connectivity index (χ3v) is 4.67. The first-order valence-corrected chi connectivity index (χ1v) is 7.33. The normalized spacial score (nSPS) is 10.6. The Morgan fingerprint density at radius 3 is 2.72 bits per heavy atom. The highest BCUT2D eigenvalue weighted by Gasteiger charge is 2.05. The molecule has 2 rings (SSSR count). The SMILES string of the molecule is Nc1ccc(SCc2cc(F)ccc2Br)c(Cl)c1. The maximum Gasteiger partial charge on any atom is 0.123 e. The Kier molecular flexibility index (Phi) is 4.54. The third kappa shape index (κ3) is 3.40. The van der Waals surface area contributed by atoms with Crippen molar-refractivity contribution in [3.8, 4) is 0 Å². The second-order valence-corrected chi connectivity index (χ2v) is 5.99. The average Bonchev–Trinajstić information content (AvgIpc) is 2.32. The zero-order valence-corrected chi connectivity index (χ0v) is 12.4. The molecule has 0 aliphatic carbocycles. The highest BCUT2D eigenvalue weighted by molar-refractivity contribution is 9.10. The summed E-state index contributed by atoms with van der Waals surface area (Å²) in [4.78, 5) is 0.932. The predicted octanol–water partition coefficient (Wildman–Crippen LogP) is 5.12. The Morgan fingerprint density at radius 1 is 1.22 bits per heavy atom. The molecule has 2 aromatic carbocycles. The molecule has 0 unspecified atom stereocenters. The number of halogens is 3. The van der Waals surface area contributed by atoms with E-state index in [9.17, 15) is 4.39 Å². The maximum absolute atomic E-state index is 13.1. The smallest absolute Gasteiger partial charge is 0.123 e. The summed E-state index contributed by atoms with van der Waals surface area (Å²) in [5, 5.41) is 0.618. The fraction of sp³-hybridized carbons (Fsp3) is 0.0769. The first-order valence-electron chi connectivity index (χ1n) is 5.18. The van der Waals surface area contributed by atoms with Crippen molar-refractivity contribution in [1.82, 2.24) is 0 Å². The summed E-state index contributed by atoms with van der Waals surface area (Å²) in [7, 11) is 0. The van der Waals surface area contributed by atoms with Crippen LogP contribution >= 0.6 is 39.3 Å². The summed E-state index contributed by atoms with van der Waals surface area (Å²) in [6.45, 7) is 0. The topological polar surface area (TPSA) is 26.0 Å². The molecule has 0 fully saturated rings. The molecule has 2 aromatic rings. The van der Waals surface area contributed by atoms with E-state index >= 15 is 0 Å². The van der Waals surface area contributed by atoms with Crippen molar-refractivity contribution in [3.63, 3.8) is 0 Å². The van der Waals surface area contributed by atoms with Gasteiger partial charge in [0.25, 0.3) is 0 Å². The second-order valence-electron chi connectivity index (χ2n) is 3.71. The molecule has 0 saturated heterocycles. The number of hydrogen-bond donors (Lipinski definition) is 1. The Bertz CT molecular complexity index is 577. The molecule has 94 valence electrons. The van der Waals surface area contributed by atoms with Crippen molar-refractivity contribution >= 4 is 45.0 Å². The summed E-state index contributed by atoms with van der Waals surface area (Å²) in [6, 6.07) is 10.0. The van der Waals surface area contributed by atoms with E-state index in [1.807, 2.05) is 6.07 Å². The number of anilines is 1.